The standard InChI is InChI=1S/C25H32N2O4/c1-3-7-20(8-4-1)26(11-22-15-28-22,12-23-16-29-23)19-27(13-24-17-30-24,14-25-18-31-25)21-9-5-2-6-10-21/h1-10,22-25H,11-19H2/q+2. The van der Waals surface area contributed by atoms with E-state index in [0.29, 0.717) is 24.4 Å². The van der Waals surface area contributed by atoms with Gasteiger partial charge in [-0.1, -0.05) is 36.4 Å². The van der Waals surface area contributed by atoms with Gasteiger partial charge in [-0.15, -0.1) is 0 Å². The van der Waals surface area contributed by atoms with Gasteiger partial charge in [-0.25, -0.2) is 8.97 Å². The molecule has 6 nitrogen and oxygen atoms in total. The highest BCUT2D eigenvalue weighted by Crippen LogP contribution is 2.37. The molecule has 0 saturated carbocycles. The summed E-state index contributed by atoms with van der Waals surface area (Å²) in [5.74, 6) is 0. The van der Waals surface area contributed by atoms with Crippen molar-refractivity contribution in [1.29, 1.82) is 0 Å². The fraction of sp³-hybridized carbons (Fsp3) is 0.520. The van der Waals surface area contributed by atoms with Gasteiger partial charge in [0.15, 0.2) is 0 Å². The molecule has 4 aliphatic rings. The molecule has 0 aromatic heterocycles. The van der Waals surface area contributed by atoms with Crippen molar-refractivity contribution in [3.63, 3.8) is 0 Å². The topological polar surface area (TPSA) is 50.1 Å². The average molecular weight is 425 g/mol. The van der Waals surface area contributed by atoms with Crippen molar-refractivity contribution >= 4 is 11.4 Å². The zero-order valence-electron chi connectivity index (χ0n) is 18.0. The first kappa shape index (κ1) is 19.9. The third-order valence-electron chi connectivity index (χ3n) is 6.97. The van der Waals surface area contributed by atoms with Crippen LogP contribution in [0.1, 0.15) is 0 Å². The molecule has 31 heavy (non-hydrogen) atoms. The van der Waals surface area contributed by atoms with Crippen molar-refractivity contribution in [3.05, 3.63) is 60.7 Å². The minimum absolute atomic E-state index is 0.325. The number of nitrogens with zero attached hydrogens (tertiary/aromatic N) is 2. The van der Waals surface area contributed by atoms with E-state index in [4.69, 9.17) is 18.9 Å². The molecule has 0 spiro atoms. The van der Waals surface area contributed by atoms with Gasteiger partial charge < -0.3 is 18.9 Å². The van der Waals surface area contributed by atoms with Gasteiger partial charge in [-0.05, 0) is 24.3 Å². The summed E-state index contributed by atoms with van der Waals surface area (Å²) in [7, 11) is 0. The predicted octanol–water partition coefficient (Wildman–Crippen LogP) is 2.55. The maximum Gasteiger partial charge on any atom is 0.217 e. The quantitative estimate of drug-likeness (QED) is 0.299. The third kappa shape index (κ3) is 4.70. The van der Waals surface area contributed by atoms with Crippen LogP contribution in [0.3, 0.4) is 0 Å². The van der Waals surface area contributed by atoms with Gasteiger partial charge in [0.1, 0.15) is 62.0 Å². The van der Waals surface area contributed by atoms with Crippen LogP contribution in [-0.4, -0.2) is 83.7 Å². The van der Waals surface area contributed by atoms with E-state index in [1.165, 1.54) is 11.4 Å². The first-order valence-corrected chi connectivity index (χ1v) is 11.5. The number of hydrogen-bond acceptors (Lipinski definition) is 4. The van der Waals surface area contributed by atoms with Gasteiger partial charge in [0, 0.05) is 0 Å². The fourth-order valence-electron chi connectivity index (χ4n) is 5.22. The Morgan fingerprint density at radius 2 is 0.806 bits per heavy atom. The van der Waals surface area contributed by atoms with Crippen molar-refractivity contribution < 1.29 is 18.9 Å². The molecule has 0 radical (unpaired) electrons. The predicted molar refractivity (Wildman–Crippen MR) is 120 cm³/mol. The van der Waals surface area contributed by atoms with Gasteiger partial charge in [0.2, 0.25) is 6.67 Å². The zero-order chi connectivity index (χ0) is 20.7. The summed E-state index contributed by atoms with van der Waals surface area (Å²) in [6, 6.07) is 22.0. The number of hydrogen-bond donors (Lipinski definition) is 0. The second kappa shape index (κ2) is 7.96. The lowest BCUT2D eigenvalue weighted by atomic mass is 10.1. The van der Waals surface area contributed by atoms with Crippen LogP contribution in [0, 0.1) is 0 Å². The smallest absolute Gasteiger partial charge is 0.217 e. The summed E-state index contributed by atoms with van der Waals surface area (Å²) in [5.41, 5.74) is 2.70. The minimum atomic E-state index is 0.325. The first-order valence-electron chi connectivity index (χ1n) is 11.5. The maximum atomic E-state index is 5.78. The van der Waals surface area contributed by atoms with Crippen LogP contribution in [0.25, 0.3) is 0 Å². The number of quaternary nitrogens is 2. The highest BCUT2D eigenvalue weighted by atomic mass is 16.6. The van der Waals surface area contributed by atoms with Crippen molar-refractivity contribution in [2.75, 3.05) is 59.3 Å². The highest BCUT2D eigenvalue weighted by molar-refractivity contribution is 5.48. The molecular formula is C25H32N2O4+2. The molecule has 4 atom stereocenters. The van der Waals surface area contributed by atoms with Crippen LogP contribution in [0.2, 0.25) is 0 Å². The van der Waals surface area contributed by atoms with E-state index in [9.17, 15) is 0 Å². The van der Waals surface area contributed by atoms with Crippen LogP contribution >= 0.6 is 0 Å². The molecule has 4 unspecified atom stereocenters. The fourth-order valence-corrected chi connectivity index (χ4v) is 5.22. The molecule has 0 N–H and O–H groups in total. The maximum absolute atomic E-state index is 5.78. The van der Waals surface area contributed by atoms with Gasteiger partial charge in [0.05, 0.1) is 26.4 Å². The summed E-state index contributed by atoms with van der Waals surface area (Å²) < 4.78 is 24.9. The van der Waals surface area contributed by atoms with E-state index in [2.05, 4.69) is 60.7 Å². The normalized spacial score (nSPS) is 32.0. The van der Waals surface area contributed by atoms with E-state index in [1.54, 1.807) is 0 Å². The molecular weight excluding hydrogens is 392 g/mol. The number of ether oxygens (including phenoxy) is 4. The molecule has 6 heteroatoms. The number of para-hydroxylation sites is 2. The molecule has 0 aliphatic carbocycles. The summed E-state index contributed by atoms with van der Waals surface area (Å²) >= 11 is 0. The molecule has 4 saturated heterocycles. The van der Waals surface area contributed by atoms with Crippen molar-refractivity contribution in [1.82, 2.24) is 8.97 Å². The zero-order valence-corrected chi connectivity index (χ0v) is 18.0. The third-order valence-corrected chi connectivity index (χ3v) is 6.97. The van der Waals surface area contributed by atoms with Crippen LogP contribution in [0.4, 0.5) is 11.4 Å². The van der Waals surface area contributed by atoms with Crippen LogP contribution in [0.15, 0.2) is 60.7 Å². The summed E-state index contributed by atoms with van der Waals surface area (Å²) in [4.78, 5) is 0. The molecule has 4 aliphatic heterocycles. The Bertz CT molecular complexity index is 775. The van der Waals surface area contributed by atoms with E-state index in [-0.39, 0.29) is 0 Å². The van der Waals surface area contributed by atoms with Gasteiger partial charge in [-0.3, -0.25) is 0 Å². The minimum Gasteiger partial charge on any atom is -0.367 e. The number of epoxide rings is 4. The molecule has 4 heterocycles. The van der Waals surface area contributed by atoms with Gasteiger partial charge in [-0.2, -0.15) is 0 Å². The van der Waals surface area contributed by atoms with Crippen molar-refractivity contribution in [2.24, 2.45) is 0 Å². The number of rotatable bonds is 12. The van der Waals surface area contributed by atoms with E-state index in [1.807, 2.05) is 0 Å². The Morgan fingerprint density at radius 3 is 1.06 bits per heavy atom. The lowest BCUT2D eigenvalue weighted by Gasteiger charge is -2.46. The Hall–Kier alpha value is -1.80. The lowest BCUT2D eigenvalue weighted by Crippen LogP contribution is -2.68. The number of benzene rings is 2. The van der Waals surface area contributed by atoms with Gasteiger partial charge >= 0.3 is 0 Å². The summed E-state index contributed by atoms with van der Waals surface area (Å²) in [6.45, 7) is 8.32. The molecule has 2 aromatic rings. The van der Waals surface area contributed by atoms with Crippen molar-refractivity contribution in [3.8, 4) is 0 Å². The highest BCUT2D eigenvalue weighted by Gasteiger charge is 2.53. The second-order valence-electron chi connectivity index (χ2n) is 9.65. The van der Waals surface area contributed by atoms with Crippen LogP contribution in [-0.2, 0) is 18.9 Å². The average Bonchev–Trinajstić information content (AvgIpc) is 3.62. The Kier molecular flexibility index (Phi) is 5.10. The lowest BCUT2D eigenvalue weighted by molar-refractivity contribution is 0.107. The summed E-state index contributed by atoms with van der Waals surface area (Å²) in [5, 5.41) is 0. The Labute approximate surface area is 184 Å². The van der Waals surface area contributed by atoms with E-state index in [0.717, 1.165) is 68.2 Å². The summed E-state index contributed by atoms with van der Waals surface area (Å²) in [6.07, 6.45) is 1.30. The Balaban J connectivity index is 1.44. The molecule has 4 fully saturated rings. The van der Waals surface area contributed by atoms with Gasteiger partial charge in [0.25, 0.3) is 0 Å². The SMILES string of the molecule is c1ccc([N+](CC2CO2)(CC2CO2)C[N+](CC2CO2)(CC2CO2)c2ccccc2)cc1. The Morgan fingerprint density at radius 1 is 0.516 bits per heavy atom. The molecule has 0 amide bonds. The van der Waals surface area contributed by atoms with E-state index >= 15 is 0 Å². The molecule has 6 rings (SSSR count). The van der Waals surface area contributed by atoms with Crippen molar-refractivity contribution in [2.45, 2.75) is 24.4 Å². The second-order valence-corrected chi connectivity index (χ2v) is 9.65. The largest absolute Gasteiger partial charge is 0.367 e. The molecule has 0 bridgehead atoms. The van der Waals surface area contributed by atoms with E-state index < -0.39 is 0 Å². The molecule has 164 valence electrons. The van der Waals surface area contributed by atoms with Crippen LogP contribution in [0.5, 0.6) is 0 Å². The van der Waals surface area contributed by atoms with Crippen LogP contribution < -0.4 is 8.97 Å². The first-order chi connectivity index (χ1) is 15.2. The molecule has 2 aromatic carbocycles. The monoisotopic (exact) mass is 424 g/mol.